The maximum absolute atomic E-state index is 9.35. The van der Waals surface area contributed by atoms with Gasteiger partial charge in [-0.25, -0.2) is 0 Å². The minimum Gasteiger partial charge on any atom is -0.423 e. The van der Waals surface area contributed by atoms with E-state index in [0.29, 0.717) is 22.6 Å². The van der Waals surface area contributed by atoms with Crippen LogP contribution in [0.4, 0.5) is 0 Å². The molecule has 8 fully saturated rings. The van der Waals surface area contributed by atoms with E-state index >= 15 is 0 Å². The van der Waals surface area contributed by atoms with Gasteiger partial charge in [-0.2, -0.15) is 0 Å². The van der Waals surface area contributed by atoms with E-state index in [-0.39, 0.29) is 143 Å². The zero-order chi connectivity index (χ0) is 85.9. The molecular formula is C110H150B4Br3Fe3IO8. The Morgan fingerprint density at radius 1 is 0.295 bits per heavy atom. The van der Waals surface area contributed by atoms with E-state index in [1.165, 1.54) is 228 Å². The molecule has 0 amide bonds. The van der Waals surface area contributed by atoms with Gasteiger partial charge in [-0.05, 0) is 322 Å². The van der Waals surface area contributed by atoms with Gasteiger partial charge in [0.15, 0.2) is 0 Å². The first kappa shape index (κ1) is 120. The van der Waals surface area contributed by atoms with Crippen molar-refractivity contribution in [2.75, 3.05) is 0 Å². The Kier molecular flexibility index (Phi) is 49.7. The number of rotatable bonds is 9. The number of hydrogen-bond acceptors (Lipinski definition) is 8. The molecule has 702 valence electrons. The Hall–Kier alpha value is -3.35. The number of halogens is 4. The van der Waals surface area contributed by atoms with Crippen LogP contribution in [-0.2, 0) is 80.7 Å². The van der Waals surface area contributed by atoms with Crippen molar-refractivity contribution in [3.63, 3.8) is 0 Å². The molecule has 2 aliphatic heterocycles. The molecule has 0 radical (unpaired) electrons. The van der Waals surface area contributed by atoms with Crippen molar-refractivity contribution in [2.45, 2.75) is 320 Å². The van der Waals surface area contributed by atoms with Gasteiger partial charge in [0.2, 0.25) is 0 Å². The Labute approximate surface area is 855 Å². The molecule has 0 aromatic heterocycles. The van der Waals surface area contributed by atoms with Crippen LogP contribution < -0.4 is 10.9 Å². The van der Waals surface area contributed by atoms with Gasteiger partial charge in [-0.1, -0.05) is 329 Å². The Bertz CT molecular complexity index is 4490. The molecule has 6 saturated carbocycles. The van der Waals surface area contributed by atoms with E-state index in [4.69, 9.17) is 18.6 Å². The number of fused-ring (bicyclic) bond motifs is 6. The molecule has 8 aliphatic carbocycles. The molecule has 0 spiro atoms. The van der Waals surface area contributed by atoms with E-state index in [1.54, 1.807) is 29.8 Å². The fraction of sp³-hybridized carbons (Fsp3) is 0.455. The zero-order valence-electron chi connectivity index (χ0n) is 81.2. The standard InChI is InChI=1S/C27H28.C15H16B2O4.C12H16.2C11H21BO2.2C11H13Br.C6H4BrI.6CH3.3Fe/c1-18-8-14-23-24-15-13-22(17-26(24)27(2,3)25(23)16-18)21-11-9-20(10-12-21)19-6-4-5-7-19;1-15(2)13-7-9(16(18)19)3-5-11(13)12-6-4-10(17(20)21)8-14(12)15;1-10-6-8-12(9-7-10)11-4-2-3-5-11;2*1-10(2)11(3,4)14-12(13-10)9-7-5-6-8-9;2*12-11-7-5-10(6-8-11)9-3-1-2-4-9;7-5-1-3-6(8)4-2-5;;;;;;;;;/h8-17,19H,4-7H2,1-3H3;3-8,18-21H,1-2H3;6-9,11H,2-5H2,1H3;2*9H,5-8H2,1-4H3;2*5-9H,1-4H2;1-4H;6*1H3;;;/q;;;;;;;;6*-1;3*+2. The minimum absolute atomic E-state index is 0. The normalized spacial score (nSPS) is 18.6. The minimum atomic E-state index is -1.50. The monoisotopic (exact) mass is 2170 g/mol. The quantitative estimate of drug-likeness (QED) is 0.0641. The number of hydrogen-bond donors (Lipinski definition) is 4. The summed E-state index contributed by atoms with van der Waals surface area (Å²) in [6, 6.07) is 68.9. The van der Waals surface area contributed by atoms with Crippen LogP contribution in [0.5, 0.6) is 0 Å². The molecular weight excluding hydrogens is 2030 g/mol. The molecule has 9 aromatic carbocycles. The van der Waals surface area contributed by atoms with E-state index in [0.717, 1.165) is 50.4 Å². The van der Waals surface area contributed by atoms with E-state index < -0.39 is 14.2 Å². The van der Waals surface area contributed by atoms with Gasteiger partial charge in [-0.15, -0.1) is 0 Å². The van der Waals surface area contributed by atoms with Crippen molar-refractivity contribution in [1.82, 2.24) is 0 Å². The number of aryl methyl sites for hydroxylation is 2. The van der Waals surface area contributed by atoms with Crippen molar-refractivity contribution in [3.8, 4) is 33.4 Å². The fourth-order valence-electron chi connectivity index (χ4n) is 19.5. The summed E-state index contributed by atoms with van der Waals surface area (Å²) in [5.74, 6) is 4.62. The van der Waals surface area contributed by atoms with E-state index in [9.17, 15) is 20.1 Å². The average Bonchev–Trinajstić information content (AvgIpc) is 1.57. The molecule has 0 bridgehead atoms. The molecule has 0 unspecified atom stereocenters. The van der Waals surface area contributed by atoms with Gasteiger partial charge in [0.05, 0.1) is 22.4 Å². The summed E-state index contributed by atoms with van der Waals surface area (Å²) < 4.78 is 28.9. The third-order valence-corrected chi connectivity index (χ3v) is 30.7. The van der Waals surface area contributed by atoms with Crippen molar-refractivity contribution >= 4 is 110 Å². The summed E-state index contributed by atoms with van der Waals surface area (Å²) in [6.45, 7) is 30.2. The molecule has 9 aromatic rings. The molecule has 4 N–H and O–H groups in total. The second-order valence-corrected chi connectivity index (χ2v) is 42.7. The first-order valence-electron chi connectivity index (χ1n) is 45.2. The molecule has 19 heteroatoms. The Morgan fingerprint density at radius 2 is 0.527 bits per heavy atom. The summed E-state index contributed by atoms with van der Waals surface area (Å²) in [7, 11) is -2.90. The molecule has 8 nitrogen and oxygen atoms in total. The van der Waals surface area contributed by atoms with Gasteiger partial charge >= 0.3 is 79.7 Å². The van der Waals surface area contributed by atoms with E-state index in [2.05, 4.69) is 299 Å². The van der Waals surface area contributed by atoms with Crippen molar-refractivity contribution in [2.24, 2.45) is 0 Å². The maximum atomic E-state index is 9.35. The van der Waals surface area contributed by atoms with Crippen molar-refractivity contribution in [1.29, 1.82) is 0 Å². The van der Waals surface area contributed by atoms with E-state index in [1.807, 2.05) is 38.1 Å². The SMILES string of the molecule is Brc1ccc(C2CCCC2)cc1.Brc1ccc(C2CCCC2)cc1.Brc1ccc(I)cc1.CC1(C)OB(C2CCCC2)OC1(C)C.CC1(C)OB(C2CCCC2)OC1(C)C.CC1(C)c2cc(B(O)O)ccc2-c2ccc(B(O)O)cc21.Cc1ccc(C2CCCC2)cc1.Cc1ccc2c(c1)C(C)(C)c1cc(-c3ccc(C4CCCC4)cc3)ccc1-2.[CH3-].[CH3-].[CH3-].[CH3-].[CH3-].[CH3-].[Fe+2].[Fe+2].[Fe+2]. The van der Waals surface area contributed by atoms with Gasteiger partial charge in [0, 0.05) is 27.8 Å². The van der Waals surface area contributed by atoms with Crippen molar-refractivity contribution in [3.05, 3.63) is 311 Å². The predicted octanol–water partition coefficient (Wildman–Crippen LogP) is 30.6. The second-order valence-electron chi connectivity index (χ2n) is 38.8. The van der Waals surface area contributed by atoms with Gasteiger partial charge in [0.25, 0.3) is 0 Å². The molecule has 2 heterocycles. The third-order valence-electron chi connectivity index (χ3n) is 28.4. The molecule has 19 rings (SSSR count). The first-order chi connectivity index (χ1) is 57.1. The summed E-state index contributed by atoms with van der Waals surface area (Å²) in [5, 5.41) is 37.4. The molecule has 10 aliphatic rings. The van der Waals surface area contributed by atoms with Crippen LogP contribution >= 0.6 is 70.4 Å². The summed E-state index contributed by atoms with van der Waals surface area (Å²) in [4.78, 5) is 0. The van der Waals surface area contributed by atoms with Gasteiger partial charge in [0.1, 0.15) is 0 Å². The van der Waals surface area contributed by atoms with Crippen LogP contribution in [0.3, 0.4) is 0 Å². The van der Waals surface area contributed by atoms with Crippen LogP contribution in [0.2, 0.25) is 11.6 Å². The molecule has 0 atom stereocenters. The molecule has 2 saturated heterocycles. The van der Waals surface area contributed by atoms with Gasteiger partial charge in [-0.3, -0.25) is 0 Å². The Balaban J connectivity index is 0.000000386. The Morgan fingerprint density at radius 3 is 0.822 bits per heavy atom. The van der Waals surface area contributed by atoms with Crippen LogP contribution in [0.1, 0.15) is 316 Å². The van der Waals surface area contributed by atoms with Crippen LogP contribution in [0.15, 0.2) is 208 Å². The summed E-state index contributed by atoms with van der Waals surface area (Å²) >= 11 is 12.5. The molecule has 129 heavy (non-hydrogen) atoms. The van der Waals surface area contributed by atoms with Crippen LogP contribution in [0.25, 0.3) is 33.4 Å². The average molecular weight is 2180 g/mol. The van der Waals surface area contributed by atoms with Crippen LogP contribution in [0, 0.1) is 62.0 Å². The van der Waals surface area contributed by atoms with Crippen molar-refractivity contribution < 1.29 is 89.9 Å². The second kappa shape index (κ2) is 53.5. The maximum Gasteiger partial charge on any atom is 2.00 e. The smallest absolute Gasteiger partial charge is 0.423 e. The fourth-order valence-corrected chi connectivity index (χ4v) is 20.6. The zero-order valence-corrected chi connectivity index (χ0v) is 91.4. The summed E-state index contributed by atoms with van der Waals surface area (Å²) in [5.41, 5.74) is 21.4. The predicted molar refractivity (Wildman–Crippen MR) is 564 cm³/mol. The van der Waals surface area contributed by atoms with Gasteiger partial charge < -0.3 is 83.3 Å². The summed E-state index contributed by atoms with van der Waals surface area (Å²) in [6.07, 6.45) is 32.9. The number of benzene rings is 9. The topological polar surface area (TPSA) is 118 Å². The van der Waals surface area contributed by atoms with Crippen LogP contribution in [-0.4, -0.2) is 71.0 Å². The first-order valence-corrected chi connectivity index (χ1v) is 48.6. The third kappa shape index (κ3) is 30.8. The largest absolute Gasteiger partial charge is 2.00 e.